The van der Waals surface area contributed by atoms with Crippen LogP contribution in [0.15, 0.2) is 53.4 Å². The number of ether oxygens (including phenoxy) is 1. The van der Waals surface area contributed by atoms with Crippen molar-refractivity contribution in [2.45, 2.75) is 25.3 Å². The van der Waals surface area contributed by atoms with Gasteiger partial charge in [0.15, 0.2) is 0 Å². The van der Waals surface area contributed by atoms with E-state index in [0.29, 0.717) is 25.4 Å². The molecule has 0 aliphatic heterocycles. The van der Waals surface area contributed by atoms with Gasteiger partial charge in [0, 0.05) is 18.8 Å². The van der Waals surface area contributed by atoms with Gasteiger partial charge in [-0.05, 0) is 23.8 Å². The third-order valence-electron chi connectivity index (χ3n) is 3.88. The van der Waals surface area contributed by atoms with Crippen LogP contribution in [0.25, 0.3) is 0 Å². The summed E-state index contributed by atoms with van der Waals surface area (Å²) in [6, 6.07) is 13.9. The number of halogens is 1. The molecule has 0 aromatic heterocycles. The minimum atomic E-state index is -3.72. The Hall–Kier alpha value is -1.93. The third kappa shape index (κ3) is 5.77. The standard InChI is InChI=1S/C19H23ClN2O4S/c1-3-22(4-2)27(24,25)18-12-16(10-11-17(18)20)21-19(23)14-26-13-15-8-6-5-7-9-15/h5-12H,3-4,13-14H2,1-2H3,(H,21,23). The zero-order valence-electron chi connectivity index (χ0n) is 15.3. The number of amides is 1. The molecule has 0 spiro atoms. The molecule has 0 unspecified atom stereocenters. The van der Waals surface area contributed by atoms with Crippen LogP contribution in [0.5, 0.6) is 0 Å². The van der Waals surface area contributed by atoms with Gasteiger partial charge in [0.1, 0.15) is 11.5 Å². The number of hydrogen-bond donors (Lipinski definition) is 1. The average Bonchev–Trinajstić information content (AvgIpc) is 2.65. The zero-order chi connectivity index (χ0) is 19.9. The van der Waals surface area contributed by atoms with E-state index in [4.69, 9.17) is 16.3 Å². The summed E-state index contributed by atoms with van der Waals surface area (Å²) in [7, 11) is -3.72. The van der Waals surface area contributed by atoms with Crippen molar-refractivity contribution in [3.8, 4) is 0 Å². The van der Waals surface area contributed by atoms with Crippen LogP contribution in [0.4, 0.5) is 5.69 Å². The lowest BCUT2D eigenvalue weighted by molar-refractivity contribution is -0.121. The van der Waals surface area contributed by atoms with Crippen molar-refractivity contribution in [1.29, 1.82) is 0 Å². The van der Waals surface area contributed by atoms with Crippen LogP contribution in [0.3, 0.4) is 0 Å². The number of sulfonamides is 1. The predicted molar refractivity (Wildman–Crippen MR) is 106 cm³/mol. The molecule has 1 amide bonds. The van der Waals surface area contributed by atoms with Crippen LogP contribution in [0, 0.1) is 0 Å². The topological polar surface area (TPSA) is 75.7 Å². The van der Waals surface area contributed by atoms with Crippen LogP contribution >= 0.6 is 11.6 Å². The van der Waals surface area contributed by atoms with Gasteiger partial charge in [-0.1, -0.05) is 55.8 Å². The summed E-state index contributed by atoms with van der Waals surface area (Å²) < 4.78 is 32.1. The summed E-state index contributed by atoms with van der Waals surface area (Å²) in [5, 5.41) is 2.75. The maximum Gasteiger partial charge on any atom is 0.250 e. The molecule has 0 heterocycles. The smallest absolute Gasteiger partial charge is 0.250 e. The van der Waals surface area contributed by atoms with Crippen molar-refractivity contribution in [1.82, 2.24) is 4.31 Å². The summed E-state index contributed by atoms with van der Waals surface area (Å²) in [6.07, 6.45) is 0. The van der Waals surface area contributed by atoms with E-state index in [2.05, 4.69) is 5.32 Å². The molecule has 0 bridgehead atoms. The monoisotopic (exact) mass is 410 g/mol. The number of nitrogens with zero attached hydrogens (tertiary/aromatic N) is 1. The van der Waals surface area contributed by atoms with Crippen LogP contribution in [-0.2, 0) is 26.2 Å². The van der Waals surface area contributed by atoms with Crippen molar-refractivity contribution in [3.63, 3.8) is 0 Å². The minimum absolute atomic E-state index is 0.0316. The first kappa shape index (κ1) is 21.4. The van der Waals surface area contributed by atoms with E-state index in [9.17, 15) is 13.2 Å². The second-order valence-electron chi connectivity index (χ2n) is 5.76. The normalized spacial score (nSPS) is 11.6. The van der Waals surface area contributed by atoms with E-state index in [0.717, 1.165) is 5.56 Å². The van der Waals surface area contributed by atoms with Gasteiger partial charge in [0.25, 0.3) is 0 Å². The fourth-order valence-corrected chi connectivity index (χ4v) is 4.47. The molecule has 146 valence electrons. The Morgan fingerprint density at radius 1 is 1.11 bits per heavy atom. The highest BCUT2D eigenvalue weighted by molar-refractivity contribution is 7.89. The lowest BCUT2D eigenvalue weighted by atomic mass is 10.2. The molecule has 8 heteroatoms. The van der Waals surface area contributed by atoms with E-state index in [-0.39, 0.29) is 22.4 Å². The third-order valence-corrected chi connectivity index (χ3v) is 6.41. The van der Waals surface area contributed by atoms with E-state index in [1.165, 1.54) is 16.4 Å². The highest BCUT2D eigenvalue weighted by atomic mass is 35.5. The van der Waals surface area contributed by atoms with Gasteiger partial charge in [0.2, 0.25) is 15.9 Å². The van der Waals surface area contributed by atoms with Gasteiger partial charge >= 0.3 is 0 Å². The van der Waals surface area contributed by atoms with Gasteiger partial charge in [-0.25, -0.2) is 8.42 Å². The lowest BCUT2D eigenvalue weighted by Gasteiger charge is -2.19. The van der Waals surface area contributed by atoms with Crippen molar-refractivity contribution in [3.05, 3.63) is 59.1 Å². The first-order valence-corrected chi connectivity index (χ1v) is 10.4. The molecule has 0 saturated heterocycles. The molecule has 2 rings (SSSR count). The Morgan fingerprint density at radius 2 is 1.78 bits per heavy atom. The fourth-order valence-electron chi connectivity index (χ4n) is 2.51. The number of carbonyl (C=O) groups excluding carboxylic acids is 1. The Bertz CT molecular complexity index is 869. The molecule has 6 nitrogen and oxygen atoms in total. The molecular formula is C19H23ClN2O4S. The van der Waals surface area contributed by atoms with Gasteiger partial charge in [-0.3, -0.25) is 4.79 Å². The summed E-state index contributed by atoms with van der Waals surface area (Å²) >= 11 is 6.08. The Kier molecular flexibility index (Phi) is 7.79. The maximum atomic E-state index is 12.7. The Labute approximate surface area is 165 Å². The second kappa shape index (κ2) is 9.85. The molecular weight excluding hydrogens is 388 g/mol. The van der Waals surface area contributed by atoms with Gasteiger partial charge in [-0.2, -0.15) is 4.31 Å². The molecule has 2 aromatic carbocycles. The van der Waals surface area contributed by atoms with Gasteiger partial charge < -0.3 is 10.1 Å². The highest BCUT2D eigenvalue weighted by Gasteiger charge is 2.24. The van der Waals surface area contributed by atoms with Crippen molar-refractivity contribution in [2.75, 3.05) is 25.0 Å². The van der Waals surface area contributed by atoms with E-state index < -0.39 is 10.0 Å². The largest absolute Gasteiger partial charge is 0.367 e. The first-order valence-electron chi connectivity index (χ1n) is 8.59. The van der Waals surface area contributed by atoms with E-state index in [1.807, 2.05) is 30.3 Å². The lowest BCUT2D eigenvalue weighted by Crippen LogP contribution is -2.31. The SMILES string of the molecule is CCN(CC)S(=O)(=O)c1cc(NC(=O)COCc2ccccc2)ccc1Cl. The average molecular weight is 411 g/mol. The van der Waals surface area contributed by atoms with Crippen molar-refractivity contribution >= 4 is 33.2 Å². The van der Waals surface area contributed by atoms with Crippen LogP contribution < -0.4 is 5.32 Å². The van der Waals surface area contributed by atoms with Crippen LogP contribution in [-0.4, -0.2) is 38.3 Å². The zero-order valence-corrected chi connectivity index (χ0v) is 16.9. The molecule has 1 N–H and O–H groups in total. The van der Waals surface area contributed by atoms with Crippen molar-refractivity contribution < 1.29 is 17.9 Å². The quantitative estimate of drug-likeness (QED) is 0.686. The number of rotatable bonds is 9. The maximum absolute atomic E-state index is 12.7. The summed E-state index contributed by atoms with van der Waals surface area (Å²) in [6.45, 7) is 4.35. The number of hydrogen-bond acceptors (Lipinski definition) is 4. The van der Waals surface area contributed by atoms with Crippen molar-refractivity contribution in [2.24, 2.45) is 0 Å². The van der Waals surface area contributed by atoms with Crippen LogP contribution in [0.1, 0.15) is 19.4 Å². The molecule has 0 fully saturated rings. The molecule has 27 heavy (non-hydrogen) atoms. The van der Waals surface area contributed by atoms with Gasteiger partial charge in [0.05, 0.1) is 11.6 Å². The second-order valence-corrected chi connectivity index (χ2v) is 8.07. The number of benzene rings is 2. The minimum Gasteiger partial charge on any atom is -0.367 e. The van der Waals surface area contributed by atoms with Crippen LogP contribution in [0.2, 0.25) is 5.02 Å². The number of carbonyl (C=O) groups is 1. The summed E-state index contributed by atoms with van der Waals surface area (Å²) in [5.41, 5.74) is 1.31. The Morgan fingerprint density at radius 3 is 2.41 bits per heavy atom. The molecule has 0 radical (unpaired) electrons. The molecule has 2 aromatic rings. The fraction of sp³-hybridized carbons (Fsp3) is 0.316. The Balaban J connectivity index is 2.03. The molecule has 0 aliphatic carbocycles. The van der Waals surface area contributed by atoms with E-state index >= 15 is 0 Å². The predicted octanol–water partition coefficient (Wildman–Crippen LogP) is 3.53. The number of anilines is 1. The highest BCUT2D eigenvalue weighted by Crippen LogP contribution is 2.27. The summed E-state index contributed by atoms with van der Waals surface area (Å²) in [5.74, 6) is -0.376. The van der Waals surface area contributed by atoms with E-state index in [1.54, 1.807) is 19.9 Å². The number of nitrogens with one attached hydrogen (secondary N) is 1. The molecule has 0 aliphatic rings. The summed E-state index contributed by atoms with van der Waals surface area (Å²) in [4.78, 5) is 12.0. The van der Waals surface area contributed by atoms with Gasteiger partial charge in [-0.15, -0.1) is 0 Å². The first-order chi connectivity index (χ1) is 12.9. The molecule has 0 atom stereocenters. The molecule has 0 saturated carbocycles.